The number of hydrogen-bond acceptors (Lipinski definition) is 5. The minimum absolute atomic E-state index is 0.617. The molecule has 2 N–H and O–H groups in total. The number of nitrogen functional groups attached to an aromatic ring is 1. The molecule has 0 unspecified atom stereocenters. The van der Waals surface area contributed by atoms with Gasteiger partial charge in [0.25, 0.3) is 5.22 Å². The highest BCUT2D eigenvalue weighted by Crippen LogP contribution is 2.17. The van der Waals surface area contributed by atoms with E-state index in [2.05, 4.69) is 22.3 Å². The Labute approximate surface area is 105 Å². The van der Waals surface area contributed by atoms with E-state index in [1.54, 1.807) is 18.7 Å². The SMILES string of the molecule is Cc1nnc(SCCCc2ccc(N)cc2)o1. The van der Waals surface area contributed by atoms with Gasteiger partial charge in [-0.3, -0.25) is 0 Å². The van der Waals surface area contributed by atoms with Crippen LogP contribution in [0.1, 0.15) is 17.9 Å². The standard InChI is InChI=1S/C12H15N3OS/c1-9-14-15-12(16-9)17-8-2-3-10-4-6-11(13)7-5-10/h4-7H,2-3,8,13H2,1H3. The highest BCUT2D eigenvalue weighted by atomic mass is 32.2. The fourth-order valence-electron chi connectivity index (χ4n) is 1.46. The van der Waals surface area contributed by atoms with Gasteiger partial charge in [0, 0.05) is 18.4 Å². The number of rotatable bonds is 5. The van der Waals surface area contributed by atoms with Gasteiger partial charge in [0.1, 0.15) is 0 Å². The van der Waals surface area contributed by atoms with Crippen LogP contribution in [0.4, 0.5) is 5.69 Å². The second kappa shape index (κ2) is 5.72. The molecule has 1 heterocycles. The average Bonchev–Trinajstić information content (AvgIpc) is 2.73. The summed E-state index contributed by atoms with van der Waals surface area (Å²) in [5.41, 5.74) is 7.74. The van der Waals surface area contributed by atoms with E-state index < -0.39 is 0 Å². The number of anilines is 1. The van der Waals surface area contributed by atoms with Crippen molar-refractivity contribution in [2.24, 2.45) is 0 Å². The van der Waals surface area contributed by atoms with Crippen molar-refractivity contribution in [3.8, 4) is 0 Å². The second-order valence-electron chi connectivity index (χ2n) is 3.78. The highest BCUT2D eigenvalue weighted by Gasteiger charge is 2.02. The lowest BCUT2D eigenvalue weighted by atomic mass is 10.1. The summed E-state index contributed by atoms with van der Waals surface area (Å²) in [6.45, 7) is 1.80. The summed E-state index contributed by atoms with van der Waals surface area (Å²) in [7, 11) is 0. The molecule has 0 atom stereocenters. The fraction of sp³-hybridized carbons (Fsp3) is 0.333. The summed E-state index contributed by atoms with van der Waals surface area (Å²) in [5.74, 6) is 1.59. The van der Waals surface area contributed by atoms with Crippen LogP contribution in [0.25, 0.3) is 0 Å². The molecule has 0 amide bonds. The fourth-order valence-corrected chi connectivity index (χ4v) is 2.20. The Morgan fingerprint density at radius 1 is 1.24 bits per heavy atom. The summed E-state index contributed by atoms with van der Waals surface area (Å²) < 4.78 is 5.28. The van der Waals surface area contributed by atoms with E-state index in [1.165, 1.54) is 5.56 Å². The Hall–Kier alpha value is -1.49. The zero-order valence-corrected chi connectivity index (χ0v) is 10.5. The first-order valence-electron chi connectivity index (χ1n) is 5.51. The van der Waals surface area contributed by atoms with Crippen LogP contribution in [-0.2, 0) is 6.42 Å². The van der Waals surface area contributed by atoms with Crippen LogP contribution >= 0.6 is 11.8 Å². The topological polar surface area (TPSA) is 64.9 Å². The Morgan fingerprint density at radius 3 is 2.65 bits per heavy atom. The van der Waals surface area contributed by atoms with E-state index >= 15 is 0 Å². The molecule has 17 heavy (non-hydrogen) atoms. The molecule has 0 fully saturated rings. The third-order valence-corrected chi connectivity index (χ3v) is 3.23. The molecule has 0 spiro atoms. The monoisotopic (exact) mass is 249 g/mol. The second-order valence-corrected chi connectivity index (χ2v) is 4.83. The van der Waals surface area contributed by atoms with Crippen molar-refractivity contribution < 1.29 is 4.42 Å². The van der Waals surface area contributed by atoms with Crippen molar-refractivity contribution in [3.05, 3.63) is 35.7 Å². The van der Waals surface area contributed by atoms with E-state index in [1.807, 2.05) is 12.1 Å². The predicted molar refractivity (Wildman–Crippen MR) is 68.9 cm³/mol. The van der Waals surface area contributed by atoms with Crippen LogP contribution in [0.2, 0.25) is 0 Å². The van der Waals surface area contributed by atoms with Crippen molar-refractivity contribution in [1.82, 2.24) is 10.2 Å². The van der Waals surface area contributed by atoms with Crippen molar-refractivity contribution >= 4 is 17.4 Å². The van der Waals surface area contributed by atoms with Gasteiger partial charge in [0.05, 0.1) is 0 Å². The maximum atomic E-state index is 5.63. The summed E-state index contributed by atoms with van der Waals surface area (Å²) in [6, 6.07) is 8.00. The molecule has 0 bridgehead atoms. The van der Waals surface area contributed by atoms with E-state index in [4.69, 9.17) is 10.2 Å². The largest absolute Gasteiger partial charge is 0.416 e. The maximum Gasteiger partial charge on any atom is 0.276 e. The lowest BCUT2D eigenvalue weighted by molar-refractivity contribution is 0.429. The Balaban J connectivity index is 1.71. The molecule has 2 rings (SSSR count). The van der Waals surface area contributed by atoms with E-state index in [9.17, 15) is 0 Å². The van der Waals surface area contributed by atoms with Gasteiger partial charge in [-0.1, -0.05) is 23.9 Å². The van der Waals surface area contributed by atoms with Crippen molar-refractivity contribution in [3.63, 3.8) is 0 Å². The third kappa shape index (κ3) is 3.78. The molecule has 0 radical (unpaired) electrons. The molecule has 1 aromatic carbocycles. The lowest BCUT2D eigenvalue weighted by Crippen LogP contribution is -1.89. The van der Waals surface area contributed by atoms with Crippen LogP contribution in [0.5, 0.6) is 0 Å². The summed E-state index contributed by atoms with van der Waals surface area (Å²) >= 11 is 1.60. The molecular weight excluding hydrogens is 234 g/mol. The van der Waals surface area contributed by atoms with Gasteiger partial charge >= 0.3 is 0 Å². The van der Waals surface area contributed by atoms with Gasteiger partial charge in [0.2, 0.25) is 5.89 Å². The minimum Gasteiger partial charge on any atom is -0.416 e. The first-order chi connectivity index (χ1) is 8.24. The van der Waals surface area contributed by atoms with Gasteiger partial charge in [0.15, 0.2) is 0 Å². The zero-order chi connectivity index (χ0) is 12.1. The van der Waals surface area contributed by atoms with Gasteiger partial charge in [-0.05, 0) is 30.5 Å². The van der Waals surface area contributed by atoms with Crippen molar-refractivity contribution in [2.75, 3.05) is 11.5 Å². The number of thioether (sulfide) groups is 1. The van der Waals surface area contributed by atoms with E-state index in [0.29, 0.717) is 11.1 Å². The normalized spacial score (nSPS) is 10.6. The number of nitrogens with two attached hydrogens (primary N) is 1. The molecule has 1 aromatic heterocycles. The molecule has 2 aromatic rings. The number of aromatic nitrogens is 2. The molecule has 90 valence electrons. The Morgan fingerprint density at radius 2 is 2.00 bits per heavy atom. The molecule has 0 aliphatic carbocycles. The Bertz CT molecular complexity index is 467. The van der Waals surface area contributed by atoms with Gasteiger partial charge in [-0.2, -0.15) is 0 Å². The molecule has 0 saturated carbocycles. The van der Waals surface area contributed by atoms with Crippen LogP contribution < -0.4 is 5.73 Å². The van der Waals surface area contributed by atoms with E-state index in [0.717, 1.165) is 24.3 Å². The lowest BCUT2D eigenvalue weighted by Gasteiger charge is -2.00. The molecule has 4 nitrogen and oxygen atoms in total. The number of nitrogens with zero attached hydrogens (tertiary/aromatic N) is 2. The molecule has 0 aliphatic rings. The van der Waals surface area contributed by atoms with Crippen LogP contribution in [0, 0.1) is 6.92 Å². The molecular formula is C12H15N3OS. The van der Waals surface area contributed by atoms with Crippen LogP contribution in [0.3, 0.4) is 0 Å². The minimum atomic E-state index is 0.617. The van der Waals surface area contributed by atoms with Crippen LogP contribution in [0.15, 0.2) is 33.9 Å². The summed E-state index contributed by atoms with van der Waals surface area (Å²) in [4.78, 5) is 0. The van der Waals surface area contributed by atoms with Crippen LogP contribution in [-0.4, -0.2) is 16.0 Å². The van der Waals surface area contributed by atoms with Gasteiger partial charge in [-0.25, -0.2) is 0 Å². The summed E-state index contributed by atoms with van der Waals surface area (Å²) in [5, 5.41) is 8.37. The molecule has 0 aliphatic heterocycles. The highest BCUT2D eigenvalue weighted by molar-refractivity contribution is 7.99. The Kier molecular flexibility index (Phi) is 4.03. The zero-order valence-electron chi connectivity index (χ0n) is 9.72. The summed E-state index contributed by atoms with van der Waals surface area (Å²) in [6.07, 6.45) is 2.12. The predicted octanol–water partition coefficient (Wildman–Crippen LogP) is 2.69. The molecule has 0 saturated heterocycles. The van der Waals surface area contributed by atoms with Crippen molar-refractivity contribution in [2.45, 2.75) is 25.0 Å². The maximum absolute atomic E-state index is 5.63. The third-order valence-electron chi connectivity index (χ3n) is 2.32. The molecule has 5 heteroatoms. The van der Waals surface area contributed by atoms with Crippen molar-refractivity contribution in [1.29, 1.82) is 0 Å². The average molecular weight is 249 g/mol. The quantitative estimate of drug-likeness (QED) is 0.501. The smallest absolute Gasteiger partial charge is 0.276 e. The first kappa shape index (κ1) is 12.0. The number of benzene rings is 1. The number of aryl methyl sites for hydroxylation is 2. The van der Waals surface area contributed by atoms with Gasteiger partial charge < -0.3 is 10.2 Å². The first-order valence-corrected chi connectivity index (χ1v) is 6.50. The number of hydrogen-bond donors (Lipinski definition) is 1. The van der Waals surface area contributed by atoms with Gasteiger partial charge in [-0.15, -0.1) is 10.2 Å². The van der Waals surface area contributed by atoms with E-state index in [-0.39, 0.29) is 0 Å².